The topological polar surface area (TPSA) is 41.5 Å². The smallest absolute Gasteiger partial charge is 0.390 e. The number of nitrogens with one attached hydrogen (secondary N) is 1. The van der Waals surface area contributed by atoms with Gasteiger partial charge in [-0.25, -0.2) is 0 Å². The number of alkyl halides is 3. The van der Waals surface area contributed by atoms with Crippen molar-refractivity contribution in [2.75, 3.05) is 13.2 Å². The molecule has 1 rings (SSSR count). The van der Waals surface area contributed by atoms with Crippen molar-refractivity contribution in [3.05, 3.63) is 29.8 Å². The summed E-state index contributed by atoms with van der Waals surface area (Å²) in [6, 6.07) is 6.59. The lowest BCUT2D eigenvalue weighted by Gasteiger charge is -2.18. The predicted octanol–water partition coefficient (Wildman–Crippen LogP) is 2.67. The number of hydrogen-bond acceptors (Lipinski definition) is 3. The third kappa shape index (κ3) is 7.35. The van der Waals surface area contributed by atoms with Crippen LogP contribution in [0.25, 0.3) is 0 Å². The van der Waals surface area contributed by atoms with Crippen LogP contribution < -0.4 is 10.1 Å². The zero-order valence-electron chi connectivity index (χ0n) is 11.6. The maximum Gasteiger partial charge on any atom is 0.390 e. The summed E-state index contributed by atoms with van der Waals surface area (Å²) in [6.45, 7) is 3.48. The summed E-state index contributed by atoms with van der Waals surface area (Å²) in [5.41, 5.74) is 1.10. The van der Waals surface area contributed by atoms with Gasteiger partial charge >= 0.3 is 6.18 Å². The van der Waals surface area contributed by atoms with Crippen LogP contribution in [0.1, 0.15) is 18.9 Å². The molecule has 0 fully saturated rings. The lowest BCUT2D eigenvalue weighted by atomic mass is 10.2. The zero-order chi connectivity index (χ0) is 15.2. The van der Waals surface area contributed by atoms with E-state index >= 15 is 0 Å². The van der Waals surface area contributed by atoms with Crippen LogP contribution in [0, 0.1) is 6.92 Å². The van der Waals surface area contributed by atoms with E-state index in [1.54, 1.807) is 12.1 Å². The summed E-state index contributed by atoms with van der Waals surface area (Å²) in [5.74, 6) is 0.623. The van der Waals surface area contributed by atoms with Gasteiger partial charge in [0.2, 0.25) is 0 Å². The van der Waals surface area contributed by atoms with Crippen molar-refractivity contribution >= 4 is 0 Å². The van der Waals surface area contributed by atoms with Gasteiger partial charge in [0.1, 0.15) is 18.5 Å². The zero-order valence-corrected chi connectivity index (χ0v) is 11.6. The predicted molar refractivity (Wildman–Crippen MR) is 70.8 cm³/mol. The first-order valence-corrected chi connectivity index (χ1v) is 6.44. The lowest BCUT2D eigenvalue weighted by molar-refractivity contribution is -0.139. The number of aliphatic hydroxyl groups excluding tert-OH is 1. The molecule has 114 valence electrons. The molecule has 0 radical (unpaired) electrons. The normalized spacial score (nSPS) is 14.9. The van der Waals surface area contributed by atoms with Crippen LogP contribution in [-0.2, 0) is 0 Å². The highest BCUT2D eigenvalue weighted by atomic mass is 19.4. The first-order chi connectivity index (χ1) is 9.26. The van der Waals surface area contributed by atoms with Crippen molar-refractivity contribution in [3.63, 3.8) is 0 Å². The molecule has 2 atom stereocenters. The number of halogens is 3. The van der Waals surface area contributed by atoms with Gasteiger partial charge in [0.25, 0.3) is 0 Å². The average Bonchev–Trinajstić information content (AvgIpc) is 2.33. The van der Waals surface area contributed by atoms with Crippen molar-refractivity contribution in [2.45, 2.75) is 38.6 Å². The molecule has 0 aliphatic carbocycles. The highest BCUT2D eigenvalue weighted by molar-refractivity contribution is 5.26. The van der Waals surface area contributed by atoms with Crippen LogP contribution in [0.5, 0.6) is 5.75 Å². The molecule has 0 saturated heterocycles. The Kier molecular flexibility index (Phi) is 6.29. The minimum Gasteiger partial charge on any atom is -0.491 e. The number of ether oxygens (including phenoxy) is 1. The highest BCUT2D eigenvalue weighted by Gasteiger charge is 2.29. The van der Waals surface area contributed by atoms with Gasteiger partial charge in [-0.2, -0.15) is 13.2 Å². The molecule has 3 nitrogen and oxygen atoms in total. The van der Waals surface area contributed by atoms with E-state index in [2.05, 4.69) is 5.32 Å². The van der Waals surface area contributed by atoms with Crippen LogP contribution in [-0.4, -0.2) is 36.6 Å². The molecule has 1 aromatic rings. The van der Waals surface area contributed by atoms with E-state index in [9.17, 15) is 18.3 Å². The Morgan fingerprint density at radius 2 is 1.85 bits per heavy atom. The standard InChI is InChI=1S/C14H20F3NO2/c1-10-3-5-13(6-4-10)20-9-12(19)8-18-11(2)7-14(15,16)17/h3-6,11-12,18-19H,7-9H2,1-2H3. The van der Waals surface area contributed by atoms with Crippen molar-refractivity contribution < 1.29 is 23.0 Å². The van der Waals surface area contributed by atoms with Crippen LogP contribution in [0.3, 0.4) is 0 Å². The fourth-order valence-electron chi connectivity index (χ4n) is 1.64. The molecular formula is C14H20F3NO2. The van der Waals surface area contributed by atoms with Crippen LogP contribution >= 0.6 is 0 Å². The number of aryl methyl sites for hydroxylation is 1. The Hall–Kier alpha value is -1.27. The maximum atomic E-state index is 12.1. The van der Waals surface area contributed by atoms with Gasteiger partial charge in [-0.15, -0.1) is 0 Å². The van der Waals surface area contributed by atoms with Crippen LogP contribution in [0.15, 0.2) is 24.3 Å². The van der Waals surface area contributed by atoms with Gasteiger partial charge < -0.3 is 15.2 Å². The molecule has 2 N–H and O–H groups in total. The number of hydrogen-bond donors (Lipinski definition) is 2. The fourth-order valence-corrected chi connectivity index (χ4v) is 1.64. The molecule has 0 heterocycles. The van der Waals surface area contributed by atoms with Gasteiger partial charge in [-0.3, -0.25) is 0 Å². The summed E-state index contributed by atoms with van der Waals surface area (Å²) in [5, 5.41) is 12.3. The first-order valence-electron chi connectivity index (χ1n) is 6.44. The van der Waals surface area contributed by atoms with E-state index in [1.807, 2.05) is 19.1 Å². The van der Waals surface area contributed by atoms with Crippen molar-refractivity contribution in [1.29, 1.82) is 0 Å². The van der Waals surface area contributed by atoms with E-state index in [0.717, 1.165) is 5.56 Å². The van der Waals surface area contributed by atoms with Crippen molar-refractivity contribution in [1.82, 2.24) is 5.32 Å². The van der Waals surface area contributed by atoms with Gasteiger partial charge in [-0.05, 0) is 26.0 Å². The Morgan fingerprint density at radius 1 is 1.25 bits per heavy atom. The van der Waals surface area contributed by atoms with Crippen LogP contribution in [0.2, 0.25) is 0 Å². The third-order valence-electron chi connectivity index (χ3n) is 2.70. The largest absolute Gasteiger partial charge is 0.491 e. The van der Waals surface area contributed by atoms with Gasteiger partial charge in [0.15, 0.2) is 0 Å². The first kappa shape index (κ1) is 16.8. The maximum absolute atomic E-state index is 12.1. The second-order valence-corrected chi connectivity index (χ2v) is 4.91. The van der Waals surface area contributed by atoms with E-state index < -0.39 is 24.7 Å². The van der Waals surface area contributed by atoms with E-state index in [4.69, 9.17) is 4.74 Å². The van der Waals surface area contributed by atoms with E-state index in [1.165, 1.54) is 6.92 Å². The molecule has 20 heavy (non-hydrogen) atoms. The fraction of sp³-hybridized carbons (Fsp3) is 0.571. The summed E-state index contributed by atoms with van der Waals surface area (Å²) in [6.07, 6.45) is -5.97. The molecule has 0 bridgehead atoms. The van der Waals surface area contributed by atoms with Crippen LogP contribution in [0.4, 0.5) is 13.2 Å². The molecule has 0 aromatic heterocycles. The molecule has 0 spiro atoms. The van der Waals surface area contributed by atoms with Gasteiger partial charge in [0.05, 0.1) is 6.42 Å². The average molecular weight is 291 g/mol. The number of rotatable bonds is 7. The minimum atomic E-state index is -4.20. The van der Waals surface area contributed by atoms with Gasteiger partial charge in [0, 0.05) is 12.6 Å². The molecular weight excluding hydrogens is 271 g/mol. The third-order valence-corrected chi connectivity index (χ3v) is 2.70. The molecule has 2 unspecified atom stereocenters. The minimum absolute atomic E-state index is 0.0365. The number of aliphatic hydroxyl groups is 1. The molecule has 1 aromatic carbocycles. The molecule has 0 aliphatic heterocycles. The molecule has 6 heteroatoms. The Bertz CT molecular complexity index is 392. The SMILES string of the molecule is Cc1ccc(OCC(O)CNC(C)CC(F)(F)F)cc1. The quantitative estimate of drug-likeness (QED) is 0.811. The highest BCUT2D eigenvalue weighted by Crippen LogP contribution is 2.21. The summed E-state index contributed by atoms with van der Waals surface area (Å²) in [7, 11) is 0. The van der Waals surface area contributed by atoms with E-state index in [-0.39, 0.29) is 13.2 Å². The number of benzene rings is 1. The second-order valence-electron chi connectivity index (χ2n) is 4.91. The Morgan fingerprint density at radius 3 is 2.40 bits per heavy atom. The second kappa shape index (κ2) is 7.50. The van der Waals surface area contributed by atoms with E-state index in [0.29, 0.717) is 5.75 Å². The summed E-state index contributed by atoms with van der Waals surface area (Å²) >= 11 is 0. The van der Waals surface area contributed by atoms with Crippen molar-refractivity contribution in [3.8, 4) is 5.75 Å². The van der Waals surface area contributed by atoms with Crippen molar-refractivity contribution in [2.24, 2.45) is 0 Å². The Balaban J connectivity index is 2.23. The Labute approximate surface area is 116 Å². The summed E-state index contributed by atoms with van der Waals surface area (Å²) < 4.78 is 41.7. The van der Waals surface area contributed by atoms with Gasteiger partial charge in [-0.1, -0.05) is 17.7 Å². The molecule has 0 aliphatic rings. The summed E-state index contributed by atoms with van der Waals surface area (Å²) in [4.78, 5) is 0. The lowest BCUT2D eigenvalue weighted by Crippen LogP contribution is -2.38. The monoisotopic (exact) mass is 291 g/mol. The molecule has 0 saturated carbocycles. The molecule has 0 amide bonds.